The van der Waals surface area contributed by atoms with Gasteiger partial charge in [-0.05, 0) is 37.4 Å². The number of piperidine rings is 1. The van der Waals surface area contributed by atoms with Gasteiger partial charge in [-0.2, -0.15) is 0 Å². The maximum Gasteiger partial charge on any atom is 0.228 e. The first kappa shape index (κ1) is 13.5. The van der Waals surface area contributed by atoms with Crippen molar-refractivity contribution in [2.24, 2.45) is 5.41 Å². The summed E-state index contributed by atoms with van der Waals surface area (Å²) >= 11 is 1.67. The molecule has 0 unspecified atom stereocenters. The molecule has 2 rings (SSSR count). The second-order valence-electron chi connectivity index (χ2n) is 4.73. The number of hydrogen-bond donors (Lipinski definition) is 2. The number of carbonyl (C=O) groups excluding carboxylic acids is 1. The summed E-state index contributed by atoms with van der Waals surface area (Å²) < 4.78 is 5.26. The number of rotatable bonds is 5. The summed E-state index contributed by atoms with van der Waals surface area (Å²) in [6, 6.07) is 4.04. The standard InChI is InChI=1S/C13H20N2O2S/c1-17-10-13(4-6-14-7-5-13)12(16)15-9-11-3-2-8-18-11/h2-3,8,14H,4-7,9-10H2,1H3,(H,15,16). The summed E-state index contributed by atoms with van der Waals surface area (Å²) in [7, 11) is 1.66. The Hall–Kier alpha value is -0.910. The molecule has 0 aliphatic carbocycles. The summed E-state index contributed by atoms with van der Waals surface area (Å²) in [6.07, 6.45) is 1.69. The Morgan fingerprint density at radius 3 is 2.94 bits per heavy atom. The molecular formula is C13H20N2O2S. The third kappa shape index (κ3) is 3.10. The van der Waals surface area contributed by atoms with Crippen LogP contribution in [-0.4, -0.2) is 32.7 Å². The largest absolute Gasteiger partial charge is 0.384 e. The van der Waals surface area contributed by atoms with Gasteiger partial charge in [0.1, 0.15) is 0 Å². The minimum absolute atomic E-state index is 0.124. The molecular weight excluding hydrogens is 248 g/mol. The van der Waals surface area contributed by atoms with Crippen molar-refractivity contribution in [2.75, 3.05) is 26.8 Å². The highest BCUT2D eigenvalue weighted by Gasteiger charge is 2.39. The number of amides is 1. The fourth-order valence-electron chi connectivity index (χ4n) is 2.39. The second kappa shape index (κ2) is 6.31. The van der Waals surface area contributed by atoms with E-state index in [0.29, 0.717) is 13.2 Å². The van der Waals surface area contributed by atoms with Gasteiger partial charge < -0.3 is 15.4 Å². The molecule has 100 valence electrons. The first-order chi connectivity index (χ1) is 8.77. The van der Waals surface area contributed by atoms with Gasteiger partial charge in [-0.1, -0.05) is 6.07 Å². The van der Waals surface area contributed by atoms with Crippen LogP contribution in [-0.2, 0) is 16.1 Å². The van der Waals surface area contributed by atoms with Crippen LogP contribution in [0.25, 0.3) is 0 Å². The zero-order valence-corrected chi connectivity index (χ0v) is 11.5. The summed E-state index contributed by atoms with van der Waals surface area (Å²) in [5.74, 6) is 0.124. The van der Waals surface area contributed by atoms with Crippen molar-refractivity contribution < 1.29 is 9.53 Å². The molecule has 5 heteroatoms. The van der Waals surface area contributed by atoms with Gasteiger partial charge in [0.2, 0.25) is 5.91 Å². The molecule has 1 aliphatic heterocycles. The maximum absolute atomic E-state index is 12.4. The van der Waals surface area contributed by atoms with E-state index in [1.54, 1.807) is 18.4 Å². The first-order valence-electron chi connectivity index (χ1n) is 6.27. The van der Waals surface area contributed by atoms with Crippen LogP contribution in [0.1, 0.15) is 17.7 Å². The van der Waals surface area contributed by atoms with E-state index in [2.05, 4.69) is 10.6 Å². The van der Waals surface area contributed by atoms with E-state index < -0.39 is 0 Å². The summed E-state index contributed by atoms with van der Waals surface area (Å²) in [5.41, 5.74) is -0.350. The Morgan fingerprint density at radius 2 is 2.33 bits per heavy atom. The molecule has 0 aromatic carbocycles. The van der Waals surface area contributed by atoms with Crippen LogP contribution in [0.3, 0.4) is 0 Å². The summed E-state index contributed by atoms with van der Waals surface area (Å²) in [4.78, 5) is 13.6. The molecule has 2 N–H and O–H groups in total. The average molecular weight is 268 g/mol. The summed E-state index contributed by atoms with van der Waals surface area (Å²) in [6.45, 7) is 2.89. The first-order valence-corrected chi connectivity index (χ1v) is 7.15. The Morgan fingerprint density at radius 1 is 1.56 bits per heavy atom. The van der Waals surface area contributed by atoms with Gasteiger partial charge in [0.05, 0.1) is 18.6 Å². The van der Waals surface area contributed by atoms with Crippen LogP contribution in [0.5, 0.6) is 0 Å². The third-order valence-corrected chi connectivity index (χ3v) is 4.34. The fraction of sp³-hybridized carbons (Fsp3) is 0.615. The van der Waals surface area contributed by atoms with E-state index in [1.807, 2.05) is 17.5 Å². The number of nitrogens with one attached hydrogen (secondary N) is 2. The van der Waals surface area contributed by atoms with Crippen LogP contribution < -0.4 is 10.6 Å². The van der Waals surface area contributed by atoms with Gasteiger partial charge in [-0.25, -0.2) is 0 Å². The van der Waals surface area contributed by atoms with Crippen LogP contribution in [0, 0.1) is 5.41 Å². The molecule has 0 bridgehead atoms. The number of hydrogen-bond acceptors (Lipinski definition) is 4. The second-order valence-corrected chi connectivity index (χ2v) is 5.76. The predicted octanol–water partition coefficient (Wildman–Crippen LogP) is 1.38. The third-order valence-electron chi connectivity index (χ3n) is 3.47. The van der Waals surface area contributed by atoms with Gasteiger partial charge in [0.15, 0.2) is 0 Å². The molecule has 2 heterocycles. The molecule has 1 fully saturated rings. The molecule has 1 aromatic rings. The molecule has 1 amide bonds. The van der Waals surface area contributed by atoms with E-state index in [1.165, 1.54) is 4.88 Å². The fourth-order valence-corrected chi connectivity index (χ4v) is 3.03. The molecule has 1 saturated heterocycles. The summed E-state index contributed by atoms with van der Waals surface area (Å²) in [5, 5.41) is 8.36. The Balaban J connectivity index is 1.95. The van der Waals surface area contributed by atoms with Crippen molar-refractivity contribution in [3.05, 3.63) is 22.4 Å². The van der Waals surface area contributed by atoms with Crippen LogP contribution in [0.2, 0.25) is 0 Å². The van der Waals surface area contributed by atoms with Gasteiger partial charge >= 0.3 is 0 Å². The molecule has 0 saturated carbocycles. The lowest BCUT2D eigenvalue weighted by Gasteiger charge is -2.35. The number of thiophene rings is 1. The molecule has 0 spiro atoms. The topological polar surface area (TPSA) is 50.4 Å². The molecule has 0 radical (unpaired) electrons. The smallest absolute Gasteiger partial charge is 0.228 e. The minimum atomic E-state index is -0.350. The van der Waals surface area contributed by atoms with E-state index in [-0.39, 0.29) is 11.3 Å². The van der Waals surface area contributed by atoms with Gasteiger partial charge in [0.25, 0.3) is 0 Å². The van der Waals surface area contributed by atoms with Crippen molar-refractivity contribution in [3.8, 4) is 0 Å². The zero-order valence-electron chi connectivity index (χ0n) is 10.7. The highest BCUT2D eigenvalue weighted by molar-refractivity contribution is 7.09. The molecule has 18 heavy (non-hydrogen) atoms. The maximum atomic E-state index is 12.4. The Kier molecular flexibility index (Phi) is 4.74. The van der Waals surface area contributed by atoms with Crippen molar-refractivity contribution in [3.63, 3.8) is 0 Å². The number of ether oxygens (including phenoxy) is 1. The lowest BCUT2D eigenvalue weighted by Crippen LogP contribution is -2.49. The van der Waals surface area contributed by atoms with Crippen molar-refractivity contribution in [1.29, 1.82) is 0 Å². The van der Waals surface area contributed by atoms with Crippen molar-refractivity contribution in [2.45, 2.75) is 19.4 Å². The lowest BCUT2D eigenvalue weighted by molar-refractivity contribution is -0.136. The zero-order chi connectivity index (χ0) is 12.8. The monoisotopic (exact) mass is 268 g/mol. The highest BCUT2D eigenvalue weighted by Crippen LogP contribution is 2.29. The Labute approximate surface area is 112 Å². The van der Waals surface area contributed by atoms with Crippen LogP contribution >= 0.6 is 11.3 Å². The average Bonchev–Trinajstić information content (AvgIpc) is 2.90. The molecule has 1 aliphatic rings. The molecule has 1 aromatic heterocycles. The quantitative estimate of drug-likeness (QED) is 0.848. The van der Waals surface area contributed by atoms with Crippen molar-refractivity contribution in [1.82, 2.24) is 10.6 Å². The van der Waals surface area contributed by atoms with E-state index >= 15 is 0 Å². The van der Waals surface area contributed by atoms with Gasteiger partial charge in [-0.15, -0.1) is 11.3 Å². The Bertz CT molecular complexity index is 367. The number of methoxy groups -OCH3 is 1. The molecule has 4 nitrogen and oxygen atoms in total. The van der Waals surface area contributed by atoms with Gasteiger partial charge in [-0.3, -0.25) is 4.79 Å². The number of carbonyl (C=O) groups is 1. The van der Waals surface area contributed by atoms with Crippen LogP contribution in [0.15, 0.2) is 17.5 Å². The minimum Gasteiger partial charge on any atom is -0.384 e. The van der Waals surface area contributed by atoms with Crippen LogP contribution in [0.4, 0.5) is 0 Å². The highest BCUT2D eigenvalue weighted by atomic mass is 32.1. The molecule has 0 atom stereocenters. The van der Waals surface area contributed by atoms with E-state index in [4.69, 9.17) is 4.74 Å². The predicted molar refractivity (Wildman–Crippen MR) is 72.6 cm³/mol. The van der Waals surface area contributed by atoms with Crippen molar-refractivity contribution >= 4 is 17.2 Å². The van der Waals surface area contributed by atoms with E-state index in [0.717, 1.165) is 25.9 Å². The normalized spacial score (nSPS) is 18.5. The lowest BCUT2D eigenvalue weighted by atomic mass is 9.78. The van der Waals surface area contributed by atoms with E-state index in [9.17, 15) is 4.79 Å². The SMILES string of the molecule is COCC1(C(=O)NCc2cccs2)CCNCC1. The van der Waals surface area contributed by atoms with Gasteiger partial charge in [0, 0.05) is 12.0 Å².